The van der Waals surface area contributed by atoms with Gasteiger partial charge in [-0.1, -0.05) is 62.4 Å². The third-order valence-corrected chi connectivity index (χ3v) is 7.70. The number of nitrogens with two attached hydrogens (primary N) is 2. The number of guanidine groups is 1. The largest absolute Gasteiger partial charge is 0.481 e. The molecule has 4 atom stereocenters. The summed E-state index contributed by atoms with van der Waals surface area (Å²) in [6.45, 7) is -0.543. The monoisotopic (exact) mass is 645 g/mol. The lowest BCUT2D eigenvalue weighted by atomic mass is 9.84. The van der Waals surface area contributed by atoms with Crippen molar-refractivity contribution in [3.8, 4) is 0 Å². The Balaban J connectivity index is 2.18. The summed E-state index contributed by atoms with van der Waals surface area (Å²) in [4.78, 5) is 78.9. The standard InChI is InChI=1S/C31H47N7O8/c32-31(33)34-15-7-12-22(18-39)35-30(46)25(19-40)38-29(45)24(17-21-10-5-2-6-11-21)37-28(44)23(16-20-8-3-1-4-9-20)36-26(41)13-14-27(42)43/h2,5-6,10-11,18,20,22-25,40H,1,3-4,7-9,12-17,19H2,(H,35,46)(H,36,41)(H,37,44)(H,38,45)(H,42,43)(H4,32,33,34)/t22?,23-,24?,25?/m0/s1. The second kappa shape index (κ2) is 20.5. The van der Waals surface area contributed by atoms with E-state index in [-0.39, 0.29) is 37.7 Å². The molecule has 15 nitrogen and oxygen atoms in total. The molecule has 4 amide bonds. The fourth-order valence-electron chi connectivity index (χ4n) is 5.25. The average molecular weight is 646 g/mol. The molecule has 1 aliphatic carbocycles. The molecule has 0 saturated heterocycles. The predicted molar refractivity (Wildman–Crippen MR) is 169 cm³/mol. The molecule has 1 saturated carbocycles. The minimum atomic E-state index is -1.43. The molecule has 1 aromatic carbocycles. The molecule has 10 N–H and O–H groups in total. The number of aldehydes is 1. The van der Waals surface area contributed by atoms with Crippen LogP contribution in [0.4, 0.5) is 0 Å². The van der Waals surface area contributed by atoms with Crippen molar-refractivity contribution in [3.05, 3.63) is 35.9 Å². The Hall–Kier alpha value is -4.53. The summed E-state index contributed by atoms with van der Waals surface area (Å²) in [6.07, 6.45) is 5.62. The van der Waals surface area contributed by atoms with E-state index >= 15 is 0 Å². The number of amides is 4. The number of aliphatic imine (C=N–C) groups is 1. The first kappa shape index (κ1) is 37.7. The van der Waals surface area contributed by atoms with Gasteiger partial charge < -0.3 is 47.7 Å². The van der Waals surface area contributed by atoms with Gasteiger partial charge in [0.1, 0.15) is 24.4 Å². The van der Waals surface area contributed by atoms with Crippen LogP contribution in [0.2, 0.25) is 0 Å². The number of benzene rings is 1. The molecular formula is C31H47N7O8. The van der Waals surface area contributed by atoms with Crippen LogP contribution < -0.4 is 32.7 Å². The maximum Gasteiger partial charge on any atom is 0.303 e. The fourth-order valence-corrected chi connectivity index (χ4v) is 5.25. The van der Waals surface area contributed by atoms with Crippen molar-refractivity contribution in [1.29, 1.82) is 0 Å². The minimum absolute atomic E-state index is 0.0308. The van der Waals surface area contributed by atoms with Crippen molar-refractivity contribution in [3.63, 3.8) is 0 Å². The summed E-state index contributed by atoms with van der Waals surface area (Å²) in [5.74, 6) is -3.88. The van der Waals surface area contributed by atoms with E-state index < -0.39 is 66.8 Å². The smallest absolute Gasteiger partial charge is 0.303 e. The minimum Gasteiger partial charge on any atom is -0.481 e. The molecule has 1 aliphatic rings. The van der Waals surface area contributed by atoms with Gasteiger partial charge >= 0.3 is 5.97 Å². The Morgan fingerprint density at radius 1 is 0.870 bits per heavy atom. The fraction of sp³-hybridized carbons (Fsp3) is 0.581. The molecular weight excluding hydrogens is 598 g/mol. The van der Waals surface area contributed by atoms with Crippen LogP contribution in [0.3, 0.4) is 0 Å². The van der Waals surface area contributed by atoms with E-state index in [2.05, 4.69) is 26.3 Å². The summed E-state index contributed by atoms with van der Waals surface area (Å²) in [7, 11) is 0. The van der Waals surface area contributed by atoms with E-state index in [0.717, 1.165) is 32.1 Å². The van der Waals surface area contributed by atoms with Gasteiger partial charge in [-0.3, -0.25) is 29.0 Å². The van der Waals surface area contributed by atoms with Gasteiger partial charge in [-0.05, 0) is 30.7 Å². The predicted octanol–water partition coefficient (Wildman–Crippen LogP) is -0.752. The van der Waals surface area contributed by atoms with Crippen LogP contribution in [0, 0.1) is 5.92 Å². The third kappa shape index (κ3) is 14.5. The molecule has 46 heavy (non-hydrogen) atoms. The number of aliphatic hydroxyl groups is 1. The lowest BCUT2D eigenvalue weighted by Crippen LogP contribution is -2.59. The van der Waals surface area contributed by atoms with Crippen LogP contribution >= 0.6 is 0 Å². The van der Waals surface area contributed by atoms with Gasteiger partial charge in [-0.15, -0.1) is 0 Å². The second-order valence-electron chi connectivity index (χ2n) is 11.4. The molecule has 0 aromatic heterocycles. The van der Waals surface area contributed by atoms with Crippen molar-refractivity contribution < 1.29 is 39.0 Å². The Morgan fingerprint density at radius 3 is 2.11 bits per heavy atom. The van der Waals surface area contributed by atoms with Crippen molar-refractivity contribution in [2.75, 3.05) is 13.2 Å². The molecule has 0 radical (unpaired) electrons. The van der Waals surface area contributed by atoms with E-state index in [1.54, 1.807) is 30.3 Å². The number of hydrogen-bond donors (Lipinski definition) is 8. The highest BCUT2D eigenvalue weighted by molar-refractivity contribution is 5.95. The number of aliphatic hydroxyl groups excluding tert-OH is 1. The molecule has 15 heteroatoms. The van der Waals surface area contributed by atoms with Crippen LogP contribution in [0.15, 0.2) is 35.3 Å². The number of aliphatic carboxylic acids is 1. The average Bonchev–Trinajstić information content (AvgIpc) is 3.03. The molecule has 3 unspecified atom stereocenters. The highest BCUT2D eigenvalue weighted by atomic mass is 16.4. The highest BCUT2D eigenvalue weighted by Gasteiger charge is 2.32. The topological polar surface area (TPSA) is 255 Å². The first-order chi connectivity index (χ1) is 22.0. The van der Waals surface area contributed by atoms with E-state index in [1.165, 1.54) is 0 Å². The molecule has 0 spiro atoms. The third-order valence-electron chi connectivity index (χ3n) is 7.70. The van der Waals surface area contributed by atoms with Crippen molar-refractivity contribution >= 4 is 41.8 Å². The van der Waals surface area contributed by atoms with E-state index in [1.807, 2.05) is 0 Å². The van der Waals surface area contributed by atoms with Gasteiger partial charge in [-0.25, -0.2) is 0 Å². The summed E-state index contributed by atoms with van der Waals surface area (Å²) in [5, 5.41) is 29.2. The van der Waals surface area contributed by atoms with Crippen molar-refractivity contribution in [2.24, 2.45) is 22.4 Å². The van der Waals surface area contributed by atoms with Crippen LogP contribution in [0.1, 0.15) is 69.8 Å². The number of carboxylic acid groups (broad SMARTS) is 1. The molecule has 2 rings (SSSR count). The number of rotatable bonds is 20. The summed E-state index contributed by atoms with van der Waals surface area (Å²) < 4.78 is 0. The maximum atomic E-state index is 13.6. The van der Waals surface area contributed by atoms with Crippen molar-refractivity contribution in [2.45, 2.75) is 94.8 Å². The van der Waals surface area contributed by atoms with Gasteiger partial charge in [-0.2, -0.15) is 0 Å². The first-order valence-corrected chi connectivity index (χ1v) is 15.6. The number of carbonyl (C=O) groups excluding carboxylic acids is 5. The zero-order valence-corrected chi connectivity index (χ0v) is 26.0. The SMILES string of the molecule is NC(N)=NCCCC(C=O)NC(=O)C(CO)NC(=O)C(Cc1ccccc1)NC(=O)[C@H](CC1CCCCC1)NC(=O)CCC(=O)O. The maximum absolute atomic E-state index is 13.6. The van der Waals surface area contributed by atoms with E-state index in [0.29, 0.717) is 24.7 Å². The summed E-state index contributed by atoms with van der Waals surface area (Å²) in [6, 6.07) is 4.25. The lowest BCUT2D eigenvalue weighted by molar-refractivity contribution is -0.139. The van der Waals surface area contributed by atoms with Gasteiger partial charge in [0.25, 0.3) is 0 Å². The highest BCUT2D eigenvalue weighted by Crippen LogP contribution is 2.27. The van der Waals surface area contributed by atoms with Crippen molar-refractivity contribution in [1.82, 2.24) is 21.3 Å². The molecule has 0 aliphatic heterocycles. The van der Waals surface area contributed by atoms with Gasteiger partial charge in [0, 0.05) is 19.4 Å². The Bertz CT molecular complexity index is 1190. The van der Waals surface area contributed by atoms with Crippen LogP contribution in [-0.2, 0) is 35.2 Å². The molecule has 0 bridgehead atoms. The second-order valence-corrected chi connectivity index (χ2v) is 11.4. The Morgan fingerprint density at radius 2 is 1.50 bits per heavy atom. The van der Waals surface area contributed by atoms with Gasteiger partial charge in [0.05, 0.1) is 19.1 Å². The Labute approximate surface area is 268 Å². The number of carbonyl (C=O) groups is 6. The molecule has 1 fully saturated rings. The first-order valence-electron chi connectivity index (χ1n) is 15.6. The van der Waals surface area contributed by atoms with Crippen LogP contribution in [-0.4, -0.2) is 89.4 Å². The number of carboxylic acids is 1. The molecule has 1 aromatic rings. The van der Waals surface area contributed by atoms with Crippen LogP contribution in [0.5, 0.6) is 0 Å². The quantitative estimate of drug-likeness (QED) is 0.0381. The normalized spacial score (nSPS) is 15.7. The zero-order chi connectivity index (χ0) is 33.9. The lowest BCUT2D eigenvalue weighted by Gasteiger charge is -2.28. The molecule has 0 heterocycles. The van der Waals surface area contributed by atoms with E-state index in [4.69, 9.17) is 16.6 Å². The number of nitrogens with one attached hydrogen (secondary N) is 4. The van der Waals surface area contributed by atoms with Gasteiger partial charge in [0.15, 0.2) is 5.96 Å². The van der Waals surface area contributed by atoms with E-state index in [9.17, 15) is 33.9 Å². The summed E-state index contributed by atoms with van der Waals surface area (Å²) >= 11 is 0. The Kier molecular flexibility index (Phi) is 16.8. The number of hydrogen-bond acceptors (Lipinski definition) is 8. The number of nitrogens with zero attached hydrogens (tertiary/aromatic N) is 1. The van der Waals surface area contributed by atoms with Crippen LogP contribution in [0.25, 0.3) is 0 Å². The summed E-state index contributed by atoms with van der Waals surface area (Å²) in [5.41, 5.74) is 11.3. The molecule has 254 valence electrons. The van der Waals surface area contributed by atoms with Gasteiger partial charge in [0.2, 0.25) is 23.6 Å². The zero-order valence-electron chi connectivity index (χ0n) is 26.0.